The number of carboxylic acids is 1. The second-order valence-electron chi connectivity index (χ2n) is 5.24. The van der Waals surface area contributed by atoms with Crippen LogP contribution in [0.3, 0.4) is 0 Å². The lowest BCUT2D eigenvalue weighted by molar-refractivity contribution is 0.0697. The van der Waals surface area contributed by atoms with Crippen molar-refractivity contribution >= 4 is 50.8 Å². The third-order valence-electron chi connectivity index (χ3n) is 3.52. The van der Waals surface area contributed by atoms with E-state index in [0.717, 1.165) is 10.0 Å². The van der Waals surface area contributed by atoms with Gasteiger partial charge in [-0.2, -0.15) is 0 Å². The van der Waals surface area contributed by atoms with Crippen molar-refractivity contribution in [1.29, 1.82) is 0 Å². The van der Waals surface area contributed by atoms with E-state index in [2.05, 4.69) is 21.2 Å². The molecule has 0 aliphatic rings. The fourth-order valence-corrected chi connectivity index (χ4v) is 3.32. The van der Waals surface area contributed by atoms with Crippen molar-refractivity contribution in [3.63, 3.8) is 0 Å². The van der Waals surface area contributed by atoms with Gasteiger partial charge >= 0.3 is 5.97 Å². The first kappa shape index (κ1) is 17.9. The Morgan fingerprint density at radius 3 is 2.56 bits per heavy atom. The highest BCUT2D eigenvalue weighted by atomic mass is 79.9. The molecule has 0 bridgehead atoms. The number of hydrogen-bond donors (Lipinski definition) is 2. The van der Waals surface area contributed by atoms with Crippen LogP contribution in [0.1, 0.15) is 16.1 Å². The van der Waals surface area contributed by atoms with Gasteiger partial charge in [0.1, 0.15) is 11.5 Å². The molecule has 0 saturated carbocycles. The molecule has 128 valence electrons. The Morgan fingerprint density at radius 2 is 1.88 bits per heavy atom. The van der Waals surface area contributed by atoms with Gasteiger partial charge in [-0.1, -0.05) is 39.1 Å². The fraction of sp³-hybridized carbons (Fsp3) is 0.0556. The van der Waals surface area contributed by atoms with E-state index < -0.39 is 5.97 Å². The monoisotopic (exact) mass is 439 g/mol. The minimum Gasteiger partial charge on any atom is -0.478 e. The molecule has 1 aromatic heterocycles. The molecule has 0 unspecified atom stereocenters. The number of halogens is 3. The summed E-state index contributed by atoms with van der Waals surface area (Å²) in [6.07, 6.45) is 0. The minimum absolute atomic E-state index is 0.0670. The predicted octanol–water partition coefficient (Wildman–Crippen LogP) is 6.33. The van der Waals surface area contributed by atoms with Crippen molar-refractivity contribution in [2.24, 2.45) is 0 Å². The van der Waals surface area contributed by atoms with Crippen molar-refractivity contribution in [2.75, 3.05) is 5.32 Å². The first-order valence-electron chi connectivity index (χ1n) is 7.25. The molecule has 0 radical (unpaired) electrons. The Morgan fingerprint density at radius 1 is 1.08 bits per heavy atom. The zero-order chi connectivity index (χ0) is 18.0. The number of carboxylic acid groups (broad SMARTS) is 1. The Labute approximate surface area is 162 Å². The van der Waals surface area contributed by atoms with E-state index in [-0.39, 0.29) is 10.6 Å². The highest BCUT2D eigenvalue weighted by molar-refractivity contribution is 9.10. The third kappa shape index (κ3) is 4.18. The van der Waals surface area contributed by atoms with Crippen LogP contribution in [0.15, 0.2) is 57.4 Å². The van der Waals surface area contributed by atoms with Gasteiger partial charge in [0.2, 0.25) is 0 Å². The van der Waals surface area contributed by atoms with Gasteiger partial charge in [0.25, 0.3) is 0 Å². The molecule has 7 heteroatoms. The SMILES string of the molecule is O=C(O)c1ccc(NCc2ccc(-c3ccc(Br)cc3Cl)o2)cc1Cl. The van der Waals surface area contributed by atoms with Crippen molar-refractivity contribution in [3.8, 4) is 11.3 Å². The highest BCUT2D eigenvalue weighted by Crippen LogP contribution is 2.32. The molecular formula is C18H12BrCl2NO3. The topological polar surface area (TPSA) is 62.5 Å². The Balaban J connectivity index is 1.72. The summed E-state index contributed by atoms with van der Waals surface area (Å²) in [5.74, 6) is 0.333. The fourth-order valence-electron chi connectivity index (χ4n) is 2.29. The van der Waals surface area contributed by atoms with Gasteiger partial charge < -0.3 is 14.8 Å². The zero-order valence-corrected chi connectivity index (χ0v) is 15.8. The van der Waals surface area contributed by atoms with Crippen LogP contribution in [-0.4, -0.2) is 11.1 Å². The number of nitrogens with one attached hydrogen (secondary N) is 1. The van der Waals surface area contributed by atoms with Crippen LogP contribution in [-0.2, 0) is 6.54 Å². The normalized spacial score (nSPS) is 10.7. The molecule has 3 aromatic rings. The molecule has 0 aliphatic heterocycles. The second-order valence-corrected chi connectivity index (χ2v) is 6.97. The van der Waals surface area contributed by atoms with Crippen LogP contribution in [0, 0.1) is 0 Å². The van der Waals surface area contributed by atoms with Crippen molar-refractivity contribution in [2.45, 2.75) is 6.54 Å². The summed E-state index contributed by atoms with van der Waals surface area (Å²) in [6.45, 7) is 0.427. The number of aromatic carboxylic acids is 1. The maximum absolute atomic E-state index is 11.0. The van der Waals surface area contributed by atoms with Crippen LogP contribution in [0.2, 0.25) is 10.0 Å². The van der Waals surface area contributed by atoms with Gasteiger partial charge in [-0.3, -0.25) is 0 Å². The van der Waals surface area contributed by atoms with Gasteiger partial charge in [-0.25, -0.2) is 4.79 Å². The Kier molecular flexibility index (Phi) is 5.37. The lowest BCUT2D eigenvalue weighted by Gasteiger charge is -2.07. The predicted molar refractivity (Wildman–Crippen MR) is 103 cm³/mol. The second kappa shape index (κ2) is 7.52. The summed E-state index contributed by atoms with van der Waals surface area (Å²) >= 11 is 15.6. The summed E-state index contributed by atoms with van der Waals surface area (Å²) in [6, 6.07) is 14.0. The number of carbonyl (C=O) groups is 1. The molecule has 1 heterocycles. The Hall–Kier alpha value is -1.95. The van der Waals surface area contributed by atoms with E-state index in [1.165, 1.54) is 6.07 Å². The van der Waals surface area contributed by atoms with Gasteiger partial charge in [0.15, 0.2) is 0 Å². The smallest absolute Gasteiger partial charge is 0.337 e. The van der Waals surface area contributed by atoms with E-state index >= 15 is 0 Å². The summed E-state index contributed by atoms with van der Waals surface area (Å²) in [5.41, 5.74) is 1.58. The molecule has 3 rings (SSSR count). The van der Waals surface area contributed by atoms with E-state index in [1.54, 1.807) is 12.1 Å². The lowest BCUT2D eigenvalue weighted by atomic mass is 10.2. The van der Waals surface area contributed by atoms with Crippen LogP contribution in [0.4, 0.5) is 5.69 Å². The van der Waals surface area contributed by atoms with E-state index in [0.29, 0.717) is 28.8 Å². The van der Waals surface area contributed by atoms with Crippen molar-refractivity contribution in [1.82, 2.24) is 0 Å². The minimum atomic E-state index is -1.06. The number of rotatable bonds is 5. The molecule has 0 amide bonds. The lowest BCUT2D eigenvalue weighted by Crippen LogP contribution is -2.01. The number of furan rings is 1. The number of benzene rings is 2. The molecular weight excluding hydrogens is 429 g/mol. The molecule has 2 aromatic carbocycles. The van der Waals surface area contributed by atoms with Crippen molar-refractivity contribution < 1.29 is 14.3 Å². The van der Waals surface area contributed by atoms with Gasteiger partial charge in [-0.05, 0) is 48.5 Å². The van der Waals surface area contributed by atoms with E-state index in [1.807, 2.05) is 30.3 Å². The molecule has 0 aliphatic carbocycles. The average molecular weight is 441 g/mol. The third-order valence-corrected chi connectivity index (χ3v) is 4.64. The Bertz CT molecular complexity index is 940. The maximum atomic E-state index is 11.0. The number of anilines is 1. The molecule has 25 heavy (non-hydrogen) atoms. The van der Waals surface area contributed by atoms with Crippen LogP contribution in [0.25, 0.3) is 11.3 Å². The van der Waals surface area contributed by atoms with Gasteiger partial charge in [-0.15, -0.1) is 0 Å². The summed E-state index contributed by atoms with van der Waals surface area (Å²) < 4.78 is 6.71. The first-order chi connectivity index (χ1) is 11.9. The van der Waals surface area contributed by atoms with Gasteiger partial charge in [0.05, 0.1) is 22.2 Å². The maximum Gasteiger partial charge on any atom is 0.337 e. The van der Waals surface area contributed by atoms with Crippen LogP contribution >= 0.6 is 39.1 Å². The van der Waals surface area contributed by atoms with E-state index in [4.69, 9.17) is 32.7 Å². The van der Waals surface area contributed by atoms with E-state index in [9.17, 15) is 4.79 Å². The zero-order valence-electron chi connectivity index (χ0n) is 12.7. The molecule has 4 nitrogen and oxygen atoms in total. The largest absolute Gasteiger partial charge is 0.478 e. The summed E-state index contributed by atoms with van der Waals surface area (Å²) in [5, 5.41) is 12.9. The first-order valence-corrected chi connectivity index (χ1v) is 8.80. The quantitative estimate of drug-likeness (QED) is 0.486. The summed E-state index contributed by atoms with van der Waals surface area (Å²) in [4.78, 5) is 11.0. The van der Waals surface area contributed by atoms with Crippen LogP contribution in [0.5, 0.6) is 0 Å². The highest BCUT2D eigenvalue weighted by Gasteiger charge is 2.11. The molecule has 0 spiro atoms. The number of hydrogen-bond acceptors (Lipinski definition) is 3. The summed E-state index contributed by atoms with van der Waals surface area (Å²) in [7, 11) is 0. The molecule has 0 fully saturated rings. The average Bonchev–Trinajstić information content (AvgIpc) is 3.01. The van der Waals surface area contributed by atoms with Crippen LogP contribution < -0.4 is 5.32 Å². The van der Waals surface area contributed by atoms with Gasteiger partial charge in [0, 0.05) is 15.7 Å². The standard InChI is InChI=1S/C18H12BrCl2NO3/c19-10-1-4-13(15(20)7-10)17-6-3-12(25-17)9-22-11-2-5-14(18(23)24)16(21)8-11/h1-8,22H,9H2,(H,23,24). The molecule has 2 N–H and O–H groups in total. The molecule has 0 atom stereocenters. The molecule has 0 saturated heterocycles. The van der Waals surface area contributed by atoms with Crippen molar-refractivity contribution in [3.05, 3.63) is 74.4 Å².